The summed E-state index contributed by atoms with van der Waals surface area (Å²) in [5.74, 6) is 2.77. The fraction of sp³-hybridized carbons (Fsp3) is 1.00. The van der Waals surface area contributed by atoms with Crippen molar-refractivity contribution in [1.29, 1.82) is 0 Å². The van der Waals surface area contributed by atoms with Gasteiger partial charge in [0.2, 0.25) is 0 Å². The molecule has 0 saturated carbocycles. The second-order valence-corrected chi connectivity index (χ2v) is 4.53. The topological polar surface area (TPSA) is 0 Å². The summed E-state index contributed by atoms with van der Waals surface area (Å²) < 4.78 is 0. The molecule has 0 rings (SSSR count). The van der Waals surface area contributed by atoms with Gasteiger partial charge in [-0.3, -0.25) is 0 Å². The molecular formula is C12H26. The van der Waals surface area contributed by atoms with Crippen LogP contribution in [-0.2, 0) is 0 Å². The highest BCUT2D eigenvalue weighted by Crippen LogP contribution is 2.25. The molecule has 2 atom stereocenters. The van der Waals surface area contributed by atoms with E-state index in [1.54, 1.807) is 0 Å². The summed E-state index contributed by atoms with van der Waals surface area (Å²) in [5.41, 5.74) is 0. The van der Waals surface area contributed by atoms with Crippen molar-refractivity contribution in [3.63, 3.8) is 0 Å². The highest BCUT2D eigenvalue weighted by molar-refractivity contribution is 4.64. The van der Waals surface area contributed by atoms with Crippen LogP contribution >= 0.6 is 0 Å². The lowest BCUT2D eigenvalue weighted by molar-refractivity contribution is 0.297. The van der Waals surface area contributed by atoms with Crippen LogP contribution in [0.15, 0.2) is 0 Å². The summed E-state index contributed by atoms with van der Waals surface area (Å²) in [6.07, 6.45) is 5.55. The summed E-state index contributed by atoms with van der Waals surface area (Å²) in [4.78, 5) is 0. The molecule has 0 saturated heterocycles. The van der Waals surface area contributed by atoms with E-state index in [4.69, 9.17) is 0 Å². The molecule has 0 aromatic rings. The van der Waals surface area contributed by atoms with Gasteiger partial charge in [0.25, 0.3) is 0 Å². The van der Waals surface area contributed by atoms with Crippen molar-refractivity contribution in [2.24, 2.45) is 17.8 Å². The van der Waals surface area contributed by atoms with E-state index >= 15 is 0 Å². The van der Waals surface area contributed by atoms with E-state index in [0.29, 0.717) is 0 Å². The molecule has 74 valence electrons. The first-order valence-electron chi connectivity index (χ1n) is 5.61. The Bertz CT molecular complexity index is 94.2. The molecule has 0 heterocycles. The maximum atomic E-state index is 2.40. The van der Waals surface area contributed by atoms with Crippen LogP contribution in [0, 0.1) is 17.8 Å². The predicted octanol–water partition coefficient (Wildman–Crippen LogP) is 4.49. The summed E-state index contributed by atoms with van der Waals surface area (Å²) in [7, 11) is 0. The fourth-order valence-corrected chi connectivity index (χ4v) is 1.77. The Morgan fingerprint density at radius 3 is 1.75 bits per heavy atom. The molecule has 0 amide bonds. The zero-order chi connectivity index (χ0) is 9.56. The molecule has 0 spiro atoms. The van der Waals surface area contributed by atoms with E-state index in [2.05, 4.69) is 34.6 Å². The molecular weight excluding hydrogens is 144 g/mol. The third-order valence-electron chi connectivity index (χ3n) is 3.09. The van der Waals surface area contributed by atoms with E-state index in [-0.39, 0.29) is 0 Å². The lowest BCUT2D eigenvalue weighted by Gasteiger charge is -2.22. The third kappa shape index (κ3) is 4.79. The first-order valence-corrected chi connectivity index (χ1v) is 5.61. The summed E-state index contributed by atoms with van der Waals surface area (Å²) in [5, 5.41) is 0. The van der Waals surface area contributed by atoms with Gasteiger partial charge in [0.05, 0.1) is 0 Å². The molecule has 0 N–H and O–H groups in total. The van der Waals surface area contributed by atoms with Gasteiger partial charge < -0.3 is 0 Å². The molecule has 0 aromatic heterocycles. The smallest absolute Gasteiger partial charge is 0.0391 e. The van der Waals surface area contributed by atoms with Crippen LogP contribution in [0.1, 0.15) is 60.3 Å². The zero-order valence-electron chi connectivity index (χ0n) is 9.56. The van der Waals surface area contributed by atoms with Gasteiger partial charge in [0.1, 0.15) is 0 Å². The van der Waals surface area contributed by atoms with Crippen molar-refractivity contribution < 1.29 is 0 Å². The summed E-state index contributed by atoms with van der Waals surface area (Å²) in [6, 6.07) is 0. The summed E-state index contributed by atoms with van der Waals surface area (Å²) >= 11 is 0. The van der Waals surface area contributed by atoms with Crippen molar-refractivity contribution in [3.05, 3.63) is 0 Å². The Morgan fingerprint density at radius 2 is 1.42 bits per heavy atom. The molecule has 0 bridgehead atoms. The second kappa shape index (κ2) is 6.51. The minimum absolute atomic E-state index is 0.878. The van der Waals surface area contributed by atoms with Gasteiger partial charge in [-0.25, -0.2) is 0 Å². The standard InChI is InChI=1S/C12H26/c1-6-11(5)12(7-2)9-8-10(3)4/h10-12H,6-9H2,1-5H3. The Kier molecular flexibility index (Phi) is 6.51. The highest BCUT2D eigenvalue weighted by atomic mass is 14.2. The van der Waals surface area contributed by atoms with Gasteiger partial charge in [0, 0.05) is 0 Å². The van der Waals surface area contributed by atoms with Crippen LogP contribution in [0.2, 0.25) is 0 Å². The summed E-state index contributed by atoms with van der Waals surface area (Å²) in [6.45, 7) is 11.7. The van der Waals surface area contributed by atoms with E-state index in [0.717, 1.165) is 17.8 Å². The van der Waals surface area contributed by atoms with Crippen LogP contribution in [0.4, 0.5) is 0 Å². The highest BCUT2D eigenvalue weighted by Gasteiger charge is 2.13. The predicted molar refractivity (Wildman–Crippen MR) is 57.3 cm³/mol. The van der Waals surface area contributed by atoms with Crippen LogP contribution in [0.3, 0.4) is 0 Å². The maximum absolute atomic E-state index is 2.40. The molecule has 0 aliphatic carbocycles. The van der Waals surface area contributed by atoms with Gasteiger partial charge in [-0.1, -0.05) is 53.9 Å². The molecule has 0 aliphatic heterocycles. The van der Waals surface area contributed by atoms with E-state index in [1.807, 2.05) is 0 Å². The van der Waals surface area contributed by atoms with E-state index in [1.165, 1.54) is 25.7 Å². The number of rotatable bonds is 6. The quantitative estimate of drug-likeness (QED) is 0.551. The molecule has 12 heavy (non-hydrogen) atoms. The van der Waals surface area contributed by atoms with Gasteiger partial charge in [-0.15, -0.1) is 0 Å². The van der Waals surface area contributed by atoms with E-state index in [9.17, 15) is 0 Å². The van der Waals surface area contributed by atoms with Gasteiger partial charge in [-0.2, -0.15) is 0 Å². The normalized spacial score (nSPS) is 16.5. The van der Waals surface area contributed by atoms with Crippen LogP contribution in [0.25, 0.3) is 0 Å². The largest absolute Gasteiger partial charge is 0.0651 e. The Hall–Kier alpha value is 0. The van der Waals surface area contributed by atoms with Crippen LogP contribution in [-0.4, -0.2) is 0 Å². The third-order valence-corrected chi connectivity index (χ3v) is 3.09. The molecule has 2 unspecified atom stereocenters. The Morgan fingerprint density at radius 1 is 0.833 bits per heavy atom. The van der Waals surface area contributed by atoms with Crippen molar-refractivity contribution in [2.45, 2.75) is 60.3 Å². The molecule has 0 aromatic carbocycles. The van der Waals surface area contributed by atoms with Crippen molar-refractivity contribution >= 4 is 0 Å². The SMILES string of the molecule is CCC(C)C(CC)CCC(C)C. The van der Waals surface area contributed by atoms with Crippen LogP contribution in [0.5, 0.6) is 0 Å². The van der Waals surface area contributed by atoms with Gasteiger partial charge in [0.15, 0.2) is 0 Å². The van der Waals surface area contributed by atoms with Crippen molar-refractivity contribution in [1.82, 2.24) is 0 Å². The number of hydrogen-bond donors (Lipinski definition) is 0. The molecule has 0 radical (unpaired) electrons. The van der Waals surface area contributed by atoms with Gasteiger partial charge >= 0.3 is 0 Å². The molecule has 0 heteroatoms. The van der Waals surface area contributed by atoms with Gasteiger partial charge in [-0.05, 0) is 24.2 Å². The molecule has 0 fully saturated rings. The zero-order valence-corrected chi connectivity index (χ0v) is 9.56. The second-order valence-electron chi connectivity index (χ2n) is 4.53. The van der Waals surface area contributed by atoms with E-state index < -0.39 is 0 Å². The Balaban J connectivity index is 3.67. The first kappa shape index (κ1) is 12.0. The minimum atomic E-state index is 0.878. The average Bonchev–Trinajstić information content (AvgIpc) is 2.04. The minimum Gasteiger partial charge on any atom is -0.0651 e. The van der Waals surface area contributed by atoms with Crippen molar-refractivity contribution in [3.8, 4) is 0 Å². The fourth-order valence-electron chi connectivity index (χ4n) is 1.77. The number of hydrogen-bond acceptors (Lipinski definition) is 0. The molecule has 0 aliphatic rings. The molecule has 0 nitrogen and oxygen atoms in total. The average molecular weight is 170 g/mol. The van der Waals surface area contributed by atoms with Crippen LogP contribution < -0.4 is 0 Å². The lowest BCUT2D eigenvalue weighted by Crippen LogP contribution is -2.10. The van der Waals surface area contributed by atoms with Crippen molar-refractivity contribution in [2.75, 3.05) is 0 Å². The lowest BCUT2D eigenvalue weighted by atomic mass is 9.84. The Labute approximate surface area is 78.8 Å². The monoisotopic (exact) mass is 170 g/mol. The first-order chi connectivity index (χ1) is 5.61. The maximum Gasteiger partial charge on any atom is -0.0391 e.